The van der Waals surface area contributed by atoms with Crippen LogP contribution in [0.5, 0.6) is 0 Å². The quantitative estimate of drug-likeness (QED) is 0.898. The lowest BCUT2D eigenvalue weighted by atomic mass is 10.1. The van der Waals surface area contributed by atoms with Gasteiger partial charge in [-0.2, -0.15) is 0 Å². The van der Waals surface area contributed by atoms with Crippen LogP contribution in [0.4, 0.5) is 0 Å². The lowest BCUT2D eigenvalue weighted by molar-refractivity contribution is 0.260. The number of nitrogens with one attached hydrogen (secondary N) is 1. The van der Waals surface area contributed by atoms with Crippen molar-refractivity contribution in [1.29, 1.82) is 0 Å². The standard InChI is InChI=1S/C16H22N2S/c1-2-18-9-5-6-14(18)11-17-10-13-12-19-16-8-4-3-7-15(13)16/h3-4,7-8,12,14,17H,2,5-6,9-11H2,1H3. The second kappa shape index (κ2) is 6.04. The fraction of sp³-hybridized carbons (Fsp3) is 0.500. The number of nitrogens with zero attached hydrogens (tertiary/aromatic N) is 1. The first-order valence-electron chi connectivity index (χ1n) is 7.28. The summed E-state index contributed by atoms with van der Waals surface area (Å²) in [6, 6.07) is 9.44. The van der Waals surface area contributed by atoms with Crippen LogP contribution in [0, 0.1) is 0 Å². The Morgan fingerprint density at radius 1 is 1.37 bits per heavy atom. The fourth-order valence-corrected chi connectivity index (χ4v) is 4.05. The van der Waals surface area contributed by atoms with Gasteiger partial charge in [0.15, 0.2) is 0 Å². The summed E-state index contributed by atoms with van der Waals surface area (Å²) >= 11 is 1.85. The summed E-state index contributed by atoms with van der Waals surface area (Å²) in [5, 5.41) is 7.36. The first-order chi connectivity index (χ1) is 9.38. The normalized spacial score (nSPS) is 20.4. The summed E-state index contributed by atoms with van der Waals surface area (Å²) in [5.41, 5.74) is 1.45. The topological polar surface area (TPSA) is 15.3 Å². The number of hydrogen-bond acceptors (Lipinski definition) is 3. The van der Waals surface area contributed by atoms with Crippen molar-refractivity contribution in [2.24, 2.45) is 0 Å². The molecule has 1 saturated heterocycles. The smallest absolute Gasteiger partial charge is 0.0346 e. The first-order valence-corrected chi connectivity index (χ1v) is 8.16. The molecule has 2 aromatic rings. The molecular weight excluding hydrogens is 252 g/mol. The van der Waals surface area contributed by atoms with E-state index >= 15 is 0 Å². The van der Waals surface area contributed by atoms with Gasteiger partial charge in [-0.1, -0.05) is 25.1 Å². The van der Waals surface area contributed by atoms with Crippen molar-refractivity contribution in [2.45, 2.75) is 32.4 Å². The molecule has 1 aromatic carbocycles. The Labute approximate surface area is 119 Å². The third kappa shape index (κ3) is 2.83. The number of hydrogen-bond donors (Lipinski definition) is 1. The highest BCUT2D eigenvalue weighted by molar-refractivity contribution is 7.17. The Kier molecular flexibility index (Phi) is 4.16. The first kappa shape index (κ1) is 13.1. The van der Waals surface area contributed by atoms with Gasteiger partial charge < -0.3 is 5.32 Å². The van der Waals surface area contributed by atoms with E-state index in [0.29, 0.717) is 0 Å². The Hall–Kier alpha value is -0.900. The third-order valence-electron chi connectivity index (χ3n) is 4.16. The number of likely N-dealkylation sites (N-methyl/N-ethyl adjacent to an activating group) is 1. The van der Waals surface area contributed by atoms with Gasteiger partial charge in [0.05, 0.1) is 0 Å². The summed E-state index contributed by atoms with van der Waals surface area (Å²) in [6.07, 6.45) is 2.72. The van der Waals surface area contributed by atoms with Crippen LogP contribution in [-0.2, 0) is 6.54 Å². The maximum atomic E-state index is 3.65. The van der Waals surface area contributed by atoms with Gasteiger partial charge in [0, 0.05) is 23.8 Å². The zero-order valence-electron chi connectivity index (χ0n) is 11.6. The van der Waals surface area contributed by atoms with Crippen molar-refractivity contribution < 1.29 is 0 Å². The summed E-state index contributed by atoms with van der Waals surface area (Å²) in [7, 11) is 0. The molecule has 19 heavy (non-hydrogen) atoms. The third-order valence-corrected chi connectivity index (χ3v) is 5.17. The average molecular weight is 274 g/mol. The molecule has 0 amide bonds. The van der Waals surface area contributed by atoms with E-state index in [-0.39, 0.29) is 0 Å². The molecule has 0 bridgehead atoms. The Morgan fingerprint density at radius 3 is 3.16 bits per heavy atom. The fourth-order valence-electron chi connectivity index (χ4n) is 3.09. The van der Waals surface area contributed by atoms with Crippen LogP contribution >= 0.6 is 11.3 Å². The van der Waals surface area contributed by atoms with E-state index in [4.69, 9.17) is 0 Å². The lowest BCUT2D eigenvalue weighted by Crippen LogP contribution is -2.37. The summed E-state index contributed by atoms with van der Waals surface area (Å²) < 4.78 is 1.40. The molecule has 1 aromatic heterocycles. The molecule has 1 fully saturated rings. The van der Waals surface area contributed by atoms with Gasteiger partial charge in [0.2, 0.25) is 0 Å². The van der Waals surface area contributed by atoms with Crippen LogP contribution < -0.4 is 5.32 Å². The van der Waals surface area contributed by atoms with Gasteiger partial charge in [0.25, 0.3) is 0 Å². The van der Waals surface area contributed by atoms with E-state index in [0.717, 1.165) is 19.1 Å². The molecule has 0 spiro atoms. The van der Waals surface area contributed by atoms with Gasteiger partial charge >= 0.3 is 0 Å². The largest absolute Gasteiger partial charge is 0.311 e. The molecule has 2 nitrogen and oxygen atoms in total. The van der Waals surface area contributed by atoms with Gasteiger partial charge in [-0.25, -0.2) is 0 Å². The minimum absolute atomic E-state index is 0.745. The molecule has 0 saturated carbocycles. The minimum Gasteiger partial charge on any atom is -0.311 e. The Balaban J connectivity index is 1.57. The molecule has 1 unspecified atom stereocenters. The maximum absolute atomic E-state index is 3.65. The van der Waals surface area contributed by atoms with E-state index in [9.17, 15) is 0 Å². The monoisotopic (exact) mass is 274 g/mol. The van der Waals surface area contributed by atoms with Crippen LogP contribution in [0.15, 0.2) is 29.6 Å². The molecule has 1 N–H and O–H groups in total. The van der Waals surface area contributed by atoms with Crippen molar-refractivity contribution in [3.05, 3.63) is 35.2 Å². The molecule has 0 radical (unpaired) electrons. The number of thiophene rings is 1. The van der Waals surface area contributed by atoms with Crippen molar-refractivity contribution in [2.75, 3.05) is 19.6 Å². The van der Waals surface area contributed by atoms with E-state index in [2.05, 4.69) is 46.8 Å². The minimum atomic E-state index is 0.745. The van der Waals surface area contributed by atoms with E-state index < -0.39 is 0 Å². The van der Waals surface area contributed by atoms with Gasteiger partial charge in [0.1, 0.15) is 0 Å². The van der Waals surface area contributed by atoms with Crippen LogP contribution in [0.1, 0.15) is 25.3 Å². The van der Waals surface area contributed by atoms with Gasteiger partial charge in [-0.05, 0) is 48.3 Å². The number of rotatable bonds is 5. The Bertz CT molecular complexity index is 534. The van der Waals surface area contributed by atoms with Crippen molar-refractivity contribution in [3.63, 3.8) is 0 Å². The summed E-state index contributed by atoms with van der Waals surface area (Å²) in [6.45, 7) is 6.86. The van der Waals surface area contributed by atoms with Crippen molar-refractivity contribution >= 4 is 21.4 Å². The maximum Gasteiger partial charge on any atom is 0.0346 e. The molecule has 1 aliphatic rings. The predicted octanol–water partition coefficient (Wildman–Crippen LogP) is 3.48. The van der Waals surface area contributed by atoms with Gasteiger partial charge in [-0.3, -0.25) is 4.90 Å². The van der Waals surface area contributed by atoms with Crippen molar-refractivity contribution in [1.82, 2.24) is 10.2 Å². The van der Waals surface area contributed by atoms with E-state index in [1.165, 1.54) is 41.6 Å². The van der Waals surface area contributed by atoms with E-state index in [1.807, 2.05) is 11.3 Å². The van der Waals surface area contributed by atoms with Crippen LogP contribution in [0.25, 0.3) is 10.1 Å². The molecule has 1 atom stereocenters. The van der Waals surface area contributed by atoms with Crippen LogP contribution in [0.2, 0.25) is 0 Å². The van der Waals surface area contributed by atoms with Crippen LogP contribution in [-0.4, -0.2) is 30.6 Å². The number of likely N-dealkylation sites (tertiary alicyclic amines) is 1. The van der Waals surface area contributed by atoms with E-state index in [1.54, 1.807) is 0 Å². The second-order valence-electron chi connectivity index (χ2n) is 5.31. The summed E-state index contributed by atoms with van der Waals surface area (Å²) in [4.78, 5) is 2.60. The van der Waals surface area contributed by atoms with Crippen molar-refractivity contribution in [3.8, 4) is 0 Å². The Morgan fingerprint density at radius 2 is 2.26 bits per heavy atom. The highest BCUT2D eigenvalue weighted by Crippen LogP contribution is 2.25. The lowest BCUT2D eigenvalue weighted by Gasteiger charge is -2.22. The second-order valence-corrected chi connectivity index (χ2v) is 6.22. The SMILES string of the molecule is CCN1CCCC1CNCc1csc2ccccc12. The average Bonchev–Trinajstić information content (AvgIpc) is 3.06. The van der Waals surface area contributed by atoms with Gasteiger partial charge in [-0.15, -0.1) is 11.3 Å². The molecule has 0 aliphatic carbocycles. The zero-order chi connectivity index (χ0) is 13.1. The highest BCUT2D eigenvalue weighted by atomic mass is 32.1. The molecule has 1 aliphatic heterocycles. The molecule has 102 valence electrons. The molecule has 3 rings (SSSR count). The molecular formula is C16H22N2S. The molecule has 3 heteroatoms. The predicted molar refractivity (Wildman–Crippen MR) is 83.8 cm³/mol. The van der Waals surface area contributed by atoms with Crippen LogP contribution in [0.3, 0.4) is 0 Å². The molecule has 2 heterocycles. The summed E-state index contributed by atoms with van der Waals surface area (Å²) in [5.74, 6) is 0. The number of benzene rings is 1. The highest BCUT2D eigenvalue weighted by Gasteiger charge is 2.22. The number of fused-ring (bicyclic) bond motifs is 1. The zero-order valence-corrected chi connectivity index (χ0v) is 12.4.